The van der Waals surface area contributed by atoms with Gasteiger partial charge in [0.25, 0.3) is 0 Å². The first-order valence-electron chi connectivity index (χ1n) is 6.65. The van der Waals surface area contributed by atoms with E-state index in [1.54, 1.807) is 6.07 Å². The van der Waals surface area contributed by atoms with Crippen molar-refractivity contribution >= 4 is 5.69 Å². The minimum Gasteiger partial charge on any atom is -0.423 e. The van der Waals surface area contributed by atoms with E-state index in [1.165, 1.54) is 6.07 Å². The molecular weight excluding hydrogens is 297 g/mol. The van der Waals surface area contributed by atoms with Crippen LogP contribution < -0.4 is 5.32 Å². The first kappa shape index (κ1) is 14.4. The third kappa shape index (κ3) is 3.03. The largest absolute Gasteiger partial charge is 0.423 e. The second-order valence-corrected chi connectivity index (χ2v) is 5.03. The lowest BCUT2D eigenvalue weighted by atomic mass is 10.1. The summed E-state index contributed by atoms with van der Waals surface area (Å²) in [6.45, 7) is 0.190. The number of anilines is 1. The van der Waals surface area contributed by atoms with E-state index in [1.807, 2.05) is 0 Å². The number of alkyl halides is 3. The van der Waals surface area contributed by atoms with E-state index in [9.17, 15) is 13.2 Å². The Morgan fingerprint density at radius 2 is 2.09 bits per heavy atom. The Labute approximate surface area is 123 Å². The molecular formula is C14H11F3N4O. The van der Waals surface area contributed by atoms with Crippen LogP contribution in [0.3, 0.4) is 0 Å². The summed E-state index contributed by atoms with van der Waals surface area (Å²) >= 11 is 0. The number of benzene rings is 1. The number of nitrogens with zero attached hydrogens (tertiary/aromatic N) is 3. The molecule has 1 aliphatic carbocycles. The molecule has 3 rings (SSSR count). The van der Waals surface area contributed by atoms with Crippen LogP contribution in [0.25, 0.3) is 0 Å². The van der Waals surface area contributed by atoms with Crippen molar-refractivity contribution in [1.82, 2.24) is 10.2 Å². The normalized spacial score (nSPS) is 14.6. The van der Waals surface area contributed by atoms with E-state index in [0.29, 0.717) is 23.4 Å². The van der Waals surface area contributed by atoms with Gasteiger partial charge in [-0.25, -0.2) is 0 Å². The average Bonchev–Trinajstić information content (AvgIpc) is 3.23. The average molecular weight is 308 g/mol. The summed E-state index contributed by atoms with van der Waals surface area (Å²) < 4.78 is 43.5. The van der Waals surface area contributed by atoms with Crippen LogP contribution in [-0.4, -0.2) is 10.2 Å². The summed E-state index contributed by atoms with van der Waals surface area (Å²) in [5.41, 5.74) is -0.994. The summed E-state index contributed by atoms with van der Waals surface area (Å²) in [7, 11) is 0. The molecule has 8 heteroatoms. The highest BCUT2D eigenvalue weighted by molar-refractivity contribution is 5.53. The minimum absolute atomic E-state index is 0.190. The molecule has 0 unspecified atom stereocenters. The van der Waals surface area contributed by atoms with Gasteiger partial charge in [-0.05, 0) is 31.0 Å². The molecule has 1 N–H and O–H groups in total. The highest BCUT2D eigenvalue weighted by Crippen LogP contribution is 2.39. The van der Waals surface area contributed by atoms with E-state index in [-0.39, 0.29) is 6.54 Å². The molecule has 22 heavy (non-hydrogen) atoms. The topological polar surface area (TPSA) is 74.7 Å². The molecule has 1 aromatic carbocycles. The predicted octanol–water partition coefficient (Wildman–Crippen LogP) is 3.45. The fourth-order valence-electron chi connectivity index (χ4n) is 2.00. The summed E-state index contributed by atoms with van der Waals surface area (Å²) in [5.74, 6) is 1.31. The van der Waals surface area contributed by atoms with Gasteiger partial charge < -0.3 is 9.73 Å². The molecule has 0 aliphatic heterocycles. The van der Waals surface area contributed by atoms with Crippen LogP contribution in [0.15, 0.2) is 22.6 Å². The molecule has 0 atom stereocenters. The van der Waals surface area contributed by atoms with E-state index in [0.717, 1.165) is 25.0 Å². The Balaban J connectivity index is 1.71. The van der Waals surface area contributed by atoms with E-state index >= 15 is 0 Å². The fraction of sp³-hybridized carbons (Fsp3) is 0.357. The predicted molar refractivity (Wildman–Crippen MR) is 69.8 cm³/mol. The van der Waals surface area contributed by atoms with Crippen LogP contribution in [0.1, 0.15) is 41.7 Å². The van der Waals surface area contributed by atoms with Gasteiger partial charge >= 0.3 is 6.18 Å². The summed E-state index contributed by atoms with van der Waals surface area (Å²) in [6, 6.07) is 4.86. The minimum atomic E-state index is -4.55. The second-order valence-electron chi connectivity index (χ2n) is 5.03. The Morgan fingerprint density at radius 1 is 1.32 bits per heavy atom. The van der Waals surface area contributed by atoms with Crippen molar-refractivity contribution in [2.75, 3.05) is 5.32 Å². The van der Waals surface area contributed by atoms with Crippen molar-refractivity contribution < 1.29 is 17.6 Å². The van der Waals surface area contributed by atoms with Crippen molar-refractivity contribution in [2.45, 2.75) is 31.5 Å². The van der Waals surface area contributed by atoms with Crippen LogP contribution in [0.5, 0.6) is 0 Å². The maximum absolute atomic E-state index is 12.7. The molecule has 1 fully saturated rings. The van der Waals surface area contributed by atoms with Gasteiger partial charge in [0.1, 0.15) is 0 Å². The van der Waals surface area contributed by atoms with E-state index in [4.69, 9.17) is 9.68 Å². The van der Waals surface area contributed by atoms with Gasteiger partial charge in [0, 0.05) is 11.6 Å². The molecule has 0 bridgehead atoms. The molecule has 1 heterocycles. The zero-order valence-electron chi connectivity index (χ0n) is 11.3. The quantitative estimate of drug-likeness (QED) is 0.936. The first-order chi connectivity index (χ1) is 10.5. The van der Waals surface area contributed by atoms with E-state index < -0.39 is 17.3 Å². The van der Waals surface area contributed by atoms with Gasteiger partial charge in [0.2, 0.25) is 11.8 Å². The van der Waals surface area contributed by atoms with Gasteiger partial charge in [-0.3, -0.25) is 0 Å². The maximum Gasteiger partial charge on any atom is 0.417 e. The molecule has 2 aromatic rings. The highest BCUT2D eigenvalue weighted by atomic mass is 19.4. The third-order valence-electron chi connectivity index (χ3n) is 3.30. The second kappa shape index (κ2) is 5.33. The number of halogens is 3. The number of aromatic nitrogens is 2. The van der Waals surface area contributed by atoms with Crippen LogP contribution >= 0.6 is 0 Å². The highest BCUT2D eigenvalue weighted by Gasteiger charge is 2.33. The number of hydrogen-bond donors (Lipinski definition) is 1. The maximum atomic E-state index is 12.7. The monoisotopic (exact) mass is 308 g/mol. The first-order valence-corrected chi connectivity index (χ1v) is 6.65. The van der Waals surface area contributed by atoms with Crippen LogP contribution in [0.2, 0.25) is 0 Å². The zero-order chi connectivity index (χ0) is 15.7. The fourth-order valence-corrected chi connectivity index (χ4v) is 2.00. The molecule has 1 aliphatic rings. The SMILES string of the molecule is N#Cc1cc(NCc2nnc(C3CC3)o2)ccc1C(F)(F)F. The van der Waals surface area contributed by atoms with Crippen molar-refractivity contribution in [2.24, 2.45) is 0 Å². The smallest absolute Gasteiger partial charge is 0.417 e. The molecule has 0 amide bonds. The lowest BCUT2D eigenvalue weighted by Crippen LogP contribution is -2.08. The van der Waals surface area contributed by atoms with Gasteiger partial charge in [-0.1, -0.05) is 0 Å². The summed E-state index contributed by atoms with van der Waals surface area (Å²) in [6.07, 6.45) is -2.46. The Kier molecular flexibility index (Phi) is 3.48. The van der Waals surface area contributed by atoms with Crippen molar-refractivity contribution in [3.8, 4) is 6.07 Å². The number of nitriles is 1. The molecule has 1 aromatic heterocycles. The van der Waals surface area contributed by atoms with Gasteiger partial charge in [-0.15, -0.1) is 10.2 Å². The Bertz CT molecular complexity index is 728. The molecule has 0 saturated heterocycles. The molecule has 5 nitrogen and oxygen atoms in total. The lowest BCUT2D eigenvalue weighted by molar-refractivity contribution is -0.137. The Morgan fingerprint density at radius 3 is 2.73 bits per heavy atom. The van der Waals surface area contributed by atoms with Crippen molar-refractivity contribution in [1.29, 1.82) is 5.26 Å². The van der Waals surface area contributed by atoms with Crippen LogP contribution in [-0.2, 0) is 12.7 Å². The third-order valence-corrected chi connectivity index (χ3v) is 3.30. The van der Waals surface area contributed by atoms with Gasteiger partial charge in [-0.2, -0.15) is 18.4 Å². The number of nitrogens with one attached hydrogen (secondary N) is 1. The van der Waals surface area contributed by atoms with Gasteiger partial charge in [0.05, 0.1) is 23.7 Å². The van der Waals surface area contributed by atoms with E-state index in [2.05, 4.69) is 15.5 Å². The number of hydrogen-bond acceptors (Lipinski definition) is 5. The Hall–Kier alpha value is -2.56. The summed E-state index contributed by atoms with van der Waals surface area (Å²) in [4.78, 5) is 0. The van der Waals surface area contributed by atoms with Crippen molar-refractivity contribution in [3.63, 3.8) is 0 Å². The molecule has 0 radical (unpaired) electrons. The van der Waals surface area contributed by atoms with Crippen LogP contribution in [0, 0.1) is 11.3 Å². The standard InChI is InChI=1S/C14H11F3N4O/c15-14(16,17)11-4-3-10(5-9(11)6-18)19-7-12-20-21-13(22-12)8-1-2-8/h3-5,8,19H,1-2,7H2. The van der Waals surface area contributed by atoms with Crippen LogP contribution in [0.4, 0.5) is 18.9 Å². The molecule has 114 valence electrons. The lowest BCUT2D eigenvalue weighted by Gasteiger charge is -2.10. The van der Waals surface area contributed by atoms with Gasteiger partial charge in [0.15, 0.2) is 0 Å². The number of rotatable bonds is 4. The molecule has 1 saturated carbocycles. The summed E-state index contributed by atoms with van der Waals surface area (Å²) in [5, 5.41) is 19.5. The van der Waals surface area contributed by atoms with Crippen molar-refractivity contribution in [3.05, 3.63) is 41.1 Å². The zero-order valence-corrected chi connectivity index (χ0v) is 11.3. The molecule has 0 spiro atoms.